The van der Waals surface area contributed by atoms with Crippen molar-refractivity contribution in [3.8, 4) is 0 Å². The molecule has 1 fully saturated rings. The maximum Gasteiger partial charge on any atom is 0.272 e. The first-order valence-corrected chi connectivity index (χ1v) is 12.5. The molecule has 1 unspecified atom stereocenters. The van der Waals surface area contributed by atoms with Crippen LogP contribution in [0.1, 0.15) is 38.3 Å². The van der Waals surface area contributed by atoms with Crippen molar-refractivity contribution < 1.29 is 14.5 Å². The molecule has 8 heteroatoms. The van der Waals surface area contributed by atoms with E-state index in [9.17, 15) is 14.9 Å². The lowest BCUT2D eigenvalue weighted by molar-refractivity contribution is -0.385. The van der Waals surface area contributed by atoms with E-state index in [2.05, 4.69) is 55.3 Å². The van der Waals surface area contributed by atoms with Crippen LogP contribution in [0.3, 0.4) is 0 Å². The van der Waals surface area contributed by atoms with Gasteiger partial charge in [-0.2, -0.15) is 0 Å². The van der Waals surface area contributed by atoms with E-state index < -0.39 is 0 Å². The van der Waals surface area contributed by atoms with Crippen molar-refractivity contribution in [2.75, 3.05) is 43.0 Å². The summed E-state index contributed by atoms with van der Waals surface area (Å²) in [7, 11) is 0. The molecule has 2 aromatic rings. The molecular weight excluding hydrogens is 456 g/mol. The predicted molar refractivity (Wildman–Crippen MR) is 143 cm³/mol. The van der Waals surface area contributed by atoms with Crippen molar-refractivity contribution in [2.45, 2.75) is 51.7 Å². The Kier molecular flexibility index (Phi) is 7.64. The second-order valence-electron chi connectivity index (χ2n) is 10.6. The highest BCUT2D eigenvalue weighted by molar-refractivity contribution is 5.77. The molecule has 0 aromatic heterocycles. The van der Waals surface area contributed by atoms with Gasteiger partial charge < -0.3 is 19.9 Å². The Morgan fingerprint density at radius 2 is 1.78 bits per heavy atom. The first-order chi connectivity index (χ1) is 17.1. The fraction of sp³-hybridized carbons (Fsp3) is 0.464. The molecule has 2 aromatic carbocycles. The molecule has 1 N–H and O–H groups in total. The Morgan fingerprint density at radius 3 is 2.39 bits per heavy atom. The minimum Gasteiger partial charge on any atom is -0.379 e. The molecule has 0 saturated carbocycles. The van der Waals surface area contributed by atoms with E-state index in [-0.39, 0.29) is 40.7 Å². The lowest BCUT2D eigenvalue weighted by Crippen LogP contribution is -2.50. The summed E-state index contributed by atoms with van der Waals surface area (Å²) in [5.41, 5.74) is 4.21. The van der Waals surface area contributed by atoms with Crippen LogP contribution in [0.4, 0.5) is 17.1 Å². The molecule has 2 aliphatic rings. The summed E-state index contributed by atoms with van der Waals surface area (Å²) in [5.74, 6) is 0.0218. The van der Waals surface area contributed by atoms with E-state index in [1.165, 1.54) is 17.3 Å². The molecule has 4 rings (SSSR count). The lowest BCUT2D eigenvalue weighted by atomic mass is 9.87. The minimum absolute atomic E-state index is 0.0218. The van der Waals surface area contributed by atoms with Crippen LogP contribution >= 0.6 is 0 Å². The number of anilines is 2. The third kappa shape index (κ3) is 6.23. The number of aryl methyl sites for hydroxylation is 1. The van der Waals surface area contributed by atoms with Gasteiger partial charge in [-0.1, -0.05) is 45.1 Å². The maximum atomic E-state index is 12.7. The molecule has 0 radical (unpaired) electrons. The van der Waals surface area contributed by atoms with Crippen LogP contribution in [0.2, 0.25) is 0 Å². The standard InChI is InChI=1S/C28H36N4O4/c1-20-17-22(8-12-26(20)32(34)35)29-23-7-11-25(18-23)36-19-27(33)31-15-13-30(14-16-31)24-9-5-21(6-10-24)28(2,3)4/h5-12,17,23,25,29H,13-16,18-19H2,1-4H3/t23-,25?/m1/s1. The van der Waals surface area contributed by atoms with Gasteiger partial charge in [0.15, 0.2) is 0 Å². The number of nitro groups is 1. The molecule has 1 saturated heterocycles. The molecule has 1 amide bonds. The molecule has 8 nitrogen and oxygen atoms in total. The molecule has 0 bridgehead atoms. The minimum atomic E-state index is -0.375. The first-order valence-electron chi connectivity index (χ1n) is 12.5. The van der Waals surface area contributed by atoms with Gasteiger partial charge in [0.2, 0.25) is 5.91 Å². The average molecular weight is 493 g/mol. The number of nitro benzene ring substituents is 1. The van der Waals surface area contributed by atoms with Crippen molar-refractivity contribution in [2.24, 2.45) is 0 Å². The number of piperazine rings is 1. The number of benzene rings is 2. The molecule has 0 spiro atoms. The highest BCUT2D eigenvalue weighted by atomic mass is 16.6. The second kappa shape index (κ2) is 10.7. The van der Waals surface area contributed by atoms with E-state index in [1.54, 1.807) is 19.1 Å². The number of nitrogens with zero attached hydrogens (tertiary/aromatic N) is 3. The maximum absolute atomic E-state index is 12.7. The Bertz CT molecular complexity index is 1120. The Balaban J connectivity index is 1.19. The summed E-state index contributed by atoms with van der Waals surface area (Å²) in [6.07, 6.45) is 4.58. The zero-order valence-electron chi connectivity index (χ0n) is 21.6. The highest BCUT2D eigenvalue weighted by Gasteiger charge is 2.25. The number of rotatable bonds is 7. The normalized spacial score (nSPS) is 20.0. The quantitative estimate of drug-likeness (QED) is 0.343. The molecule has 2 atom stereocenters. The Labute approximate surface area is 213 Å². The monoisotopic (exact) mass is 492 g/mol. The number of hydrogen-bond acceptors (Lipinski definition) is 6. The zero-order valence-corrected chi connectivity index (χ0v) is 21.6. The number of carbonyl (C=O) groups excluding carboxylic acids is 1. The third-order valence-corrected chi connectivity index (χ3v) is 6.94. The van der Waals surface area contributed by atoms with Crippen LogP contribution in [0, 0.1) is 17.0 Å². The van der Waals surface area contributed by atoms with Gasteiger partial charge in [0.05, 0.1) is 11.0 Å². The molecule has 36 heavy (non-hydrogen) atoms. The summed E-state index contributed by atoms with van der Waals surface area (Å²) in [4.78, 5) is 27.6. The SMILES string of the molecule is Cc1cc(N[C@@H]2C=CC(OCC(=O)N3CCN(c4ccc(C(C)(C)C)cc4)CC3)C2)ccc1[N+](=O)[O-]. The largest absolute Gasteiger partial charge is 0.379 e. The van der Waals surface area contributed by atoms with E-state index in [0.29, 0.717) is 25.1 Å². The van der Waals surface area contributed by atoms with Crippen molar-refractivity contribution >= 4 is 23.0 Å². The molecule has 1 aliphatic heterocycles. The van der Waals surface area contributed by atoms with Crippen LogP contribution in [0.5, 0.6) is 0 Å². The molecule has 192 valence electrons. The van der Waals surface area contributed by atoms with Gasteiger partial charge in [0, 0.05) is 61.6 Å². The summed E-state index contributed by atoms with van der Waals surface area (Å²) < 4.78 is 5.90. The fourth-order valence-corrected chi connectivity index (χ4v) is 4.72. The smallest absolute Gasteiger partial charge is 0.272 e. The number of ether oxygens (including phenoxy) is 1. The first kappa shape index (κ1) is 25.7. The van der Waals surface area contributed by atoms with Gasteiger partial charge in [0.25, 0.3) is 5.69 Å². The fourth-order valence-electron chi connectivity index (χ4n) is 4.72. The van der Waals surface area contributed by atoms with E-state index in [0.717, 1.165) is 18.8 Å². The second-order valence-corrected chi connectivity index (χ2v) is 10.6. The van der Waals surface area contributed by atoms with Gasteiger partial charge >= 0.3 is 0 Å². The van der Waals surface area contributed by atoms with Gasteiger partial charge in [-0.25, -0.2) is 0 Å². The van der Waals surface area contributed by atoms with Gasteiger partial charge in [-0.3, -0.25) is 14.9 Å². The van der Waals surface area contributed by atoms with Gasteiger partial charge in [-0.05, 0) is 42.2 Å². The summed E-state index contributed by atoms with van der Waals surface area (Å²) in [6.45, 7) is 11.4. The van der Waals surface area contributed by atoms with Crippen LogP contribution < -0.4 is 10.2 Å². The lowest BCUT2D eigenvalue weighted by Gasteiger charge is -2.36. The molecule has 1 aliphatic carbocycles. The number of amides is 1. The summed E-state index contributed by atoms with van der Waals surface area (Å²) in [5, 5.41) is 14.4. The van der Waals surface area contributed by atoms with E-state index >= 15 is 0 Å². The topological polar surface area (TPSA) is 88.0 Å². The van der Waals surface area contributed by atoms with Crippen LogP contribution in [0.25, 0.3) is 0 Å². The Hall–Kier alpha value is -3.39. The van der Waals surface area contributed by atoms with Gasteiger partial charge in [-0.15, -0.1) is 0 Å². The van der Waals surface area contributed by atoms with E-state index in [1.807, 2.05) is 17.1 Å². The number of carbonyl (C=O) groups is 1. The van der Waals surface area contributed by atoms with Crippen LogP contribution in [-0.2, 0) is 14.9 Å². The third-order valence-electron chi connectivity index (χ3n) is 6.94. The summed E-state index contributed by atoms with van der Waals surface area (Å²) >= 11 is 0. The Morgan fingerprint density at radius 1 is 1.08 bits per heavy atom. The average Bonchev–Trinajstić information content (AvgIpc) is 3.29. The van der Waals surface area contributed by atoms with Crippen molar-refractivity contribution in [3.63, 3.8) is 0 Å². The number of nitrogens with one attached hydrogen (secondary N) is 1. The van der Waals surface area contributed by atoms with Gasteiger partial charge in [0.1, 0.15) is 6.61 Å². The van der Waals surface area contributed by atoms with E-state index in [4.69, 9.17) is 4.74 Å². The van der Waals surface area contributed by atoms with Crippen LogP contribution in [0.15, 0.2) is 54.6 Å². The van der Waals surface area contributed by atoms with Crippen molar-refractivity contribution in [1.29, 1.82) is 0 Å². The summed E-state index contributed by atoms with van der Waals surface area (Å²) in [6, 6.07) is 13.8. The highest BCUT2D eigenvalue weighted by Crippen LogP contribution is 2.26. The predicted octanol–water partition coefficient (Wildman–Crippen LogP) is 4.68. The van der Waals surface area contributed by atoms with Crippen molar-refractivity contribution in [3.05, 3.63) is 75.9 Å². The molecular formula is C28H36N4O4. The number of hydrogen-bond donors (Lipinski definition) is 1. The molecule has 1 heterocycles. The zero-order chi connectivity index (χ0) is 25.9. The van der Waals surface area contributed by atoms with Crippen LogP contribution in [-0.4, -0.2) is 60.7 Å². The van der Waals surface area contributed by atoms with Crippen molar-refractivity contribution in [1.82, 2.24) is 4.90 Å².